The number of primary amides is 1. The maximum atomic E-state index is 11.7. The largest absolute Gasteiger partial charge is 0.364 e. The quantitative estimate of drug-likeness (QED) is 0.437. The molecule has 0 fully saturated rings. The number of carbonyl (C=O) groups excluding carboxylic acids is 1. The van der Waals surface area contributed by atoms with Gasteiger partial charge in [0.1, 0.15) is 11.0 Å². The predicted molar refractivity (Wildman–Crippen MR) is 70.0 cm³/mol. The van der Waals surface area contributed by atoms with Gasteiger partial charge in [-0.05, 0) is 25.1 Å². The van der Waals surface area contributed by atoms with Crippen molar-refractivity contribution in [1.82, 2.24) is 0 Å². The van der Waals surface area contributed by atoms with Crippen molar-refractivity contribution in [2.45, 2.75) is 13.8 Å². The summed E-state index contributed by atoms with van der Waals surface area (Å²) < 4.78 is 27.6. The molecule has 2 N–H and O–H groups in total. The summed E-state index contributed by atoms with van der Waals surface area (Å²) in [6.45, 7) is 6.72. The number of hydrogen-bond donors (Lipinski definition) is 1. The Kier molecular flexibility index (Phi) is 6.23. The first-order valence-electron chi connectivity index (χ1n) is 4.96. The van der Waals surface area contributed by atoms with Crippen LogP contribution in [0.2, 0.25) is 0 Å². The smallest absolute Gasteiger partial charge is 0.358 e. The van der Waals surface area contributed by atoms with Gasteiger partial charge in [0.05, 0.1) is 0 Å². The number of nitrogens with zero attached hydrogens (tertiary/aromatic N) is 2. The zero-order valence-electron chi connectivity index (χ0n) is 10.5. The molecule has 1 amide bonds. The zero-order valence-corrected chi connectivity index (χ0v) is 11.3. The lowest BCUT2D eigenvalue weighted by Crippen LogP contribution is -2.22. The maximum absolute atomic E-state index is 11.7. The van der Waals surface area contributed by atoms with Crippen molar-refractivity contribution < 1.29 is 17.5 Å². The highest BCUT2D eigenvalue weighted by Gasteiger charge is 2.17. The average molecular weight is 283 g/mol. The molecule has 19 heavy (non-hydrogen) atoms. The molecule has 0 aromatic heterocycles. The molecule has 0 aliphatic heterocycles. The summed E-state index contributed by atoms with van der Waals surface area (Å²) in [4.78, 5) is 10.5. The van der Waals surface area contributed by atoms with Crippen molar-refractivity contribution in [2.75, 3.05) is 0 Å². The van der Waals surface area contributed by atoms with E-state index < -0.39 is 21.7 Å². The summed E-state index contributed by atoms with van der Waals surface area (Å²) in [5, 5.41) is 11.4. The van der Waals surface area contributed by atoms with Crippen molar-refractivity contribution in [1.29, 1.82) is 5.26 Å². The van der Waals surface area contributed by atoms with Crippen LogP contribution < -0.4 is 5.73 Å². The van der Waals surface area contributed by atoms with Crippen LogP contribution in [0.3, 0.4) is 0 Å². The summed E-state index contributed by atoms with van der Waals surface area (Å²) in [7, 11) is -4.22. The fourth-order valence-electron chi connectivity index (χ4n) is 0.798. The topological polar surface area (TPSA) is 123 Å². The molecule has 0 atom stereocenters. The van der Waals surface area contributed by atoms with Gasteiger partial charge in [-0.15, -0.1) is 0 Å². The van der Waals surface area contributed by atoms with Gasteiger partial charge < -0.3 is 5.73 Å². The Balaban J connectivity index is 5.25. The van der Waals surface area contributed by atoms with E-state index in [1.54, 1.807) is 6.92 Å². The monoisotopic (exact) mass is 283 g/mol. The van der Waals surface area contributed by atoms with Crippen molar-refractivity contribution in [3.63, 3.8) is 0 Å². The van der Waals surface area contributed by atoms with Crippen LogP contribution in [0.15, 0.2) is 40.4 Å². The van der Waals surface area contributed by atoms with Gasteiger partial charge in [-0.25, -0.2) is 0 Å². The molecule has 0 rings (SSSR count). The third-order valence-corrected chi connectivity index (χ3v) is 2.89. The second kappa shape index (κ2) is 7.13. The second-order valence-corrected chi connectivity index (χ2v) is 4.84. The SMILES string of the molecule is C=C(C)C=CC(=CC)S(=O)(=O)ON=C(C#N)C(N)=O. The first kappa shape index (κ1) is 16.6. The van der Waals surface area contributed by atoms with E-state index >= 15 is 0 Å². The molecule has 7 nitrogen and oxygen atoms in total. The first-order chi connectivity index (χ1) is 8.74. The molecule has 0 saturated carbocycles. The number of rotatable bonds is 6. The molecule has 8 heteroatoms. The van der Waals surface area contributed by atoms with Gasteiger partial charge in [-0.1, -0.05) is 24.3 Å². The lowest BCUT2D eigenvalue weighted by Gasteiger charge is -2.01. The molecule has 102 valence electrons. The number of allylic oxidation sites excluding steroid dienone is 4. The van der Waals surface area contributed by atoms with E-state index in [9.17, 15) is 13.2 Å². The maximum Gasteiger partial charge on any atom is 0.358 e. The summed E-state index contributed by atoms with van der Waals surface area (Å²) in [5.41, 5.74) is 4.56. The fraction of sp³-hybridized carbons (Fsp3) is 0.182. The van der Waals surface area contributed by atoms with E-state index in [-0.39, 0.29) is 4.91 Å². The minimum atomic E-state index is -4.22. The standard InChI is InChI=1S/C11H13N3O4S/c1-4-9(6-5-8(2)3)19(16,17)18-14-10(7-12)11(13)15/h4-6H,2H2,1,3H3,(H2,13,15). The average Bonchev–Trinajstić information content (AvgIpc) is 2.29. The first-order valence-corrected chi connectivity index (χ1v) is 6.37. The Labute approximate surface area is 111 Å². The van der Waals surface area contributed by atoms with E-state index in [4.69, 9.17) is 11.0 Å². The van der Waals surface area contributed by atoms with Crippen molar-refractivity contribution in [2.24, 2.45) is 10.9 Å². The number of oxime groups is 1. The van der Waals surface area contributed by atoms with Crippen molar-refractivity contribution in [3.8, 4) is 6.07 Å². The summed E-state index contributed by atoms with van der Waals surface area (Å²) >= 11 is 0. The Hall–Kier alpha value is -2.40. The number of hydrogen-bond acceptors (Lipinski definition) is 6. The fourth-order valence-corrected chi connectivity index (χ4v) is 1.58. The van der Waals surface area contributed by atoms with Gasteiger partial charge in [-0.3, -0.25) is 9.08 Å². The summed E-state index contributed by atoms with van der Waals surface area (Å²) in [6, 6.07) is 1.32. The van der Waals surface area contributed by atoms with Gasteiger partial charge in [0.25, 0.3) is 5.91 Å². The minimum absolute atomic E-state index is 0.194. The van der Waals surface area contributed by atoms with Gasteiger partial charge in [0.2, 0.25) is 5.71 Å². The number of amides is 1. The third-order valence-electron chi connectivity index (χ3n) is 1.67. The third kappa shape index (κ3) is 5.65. The highest BCUT2D eigenvalue weighted by atomic mass is 32.2. The van der Waals surface area contributed by atoms with Crippen LogP contribution in [0.5, 0.6) is 0 Å². The van der Waals surface area contributed by atoms with Crippen LogP contribution in [-0.2, 0) is 19.2 Å². The van der Waals surface area contributed by atoms with Gasteiger partial charge in [-0.2, -0.15) is 13.7 Å². The molecule has 0 unspecified atom stereocenters. The van der Waals surface area contributed by atoms with Crippen LogP contribution in [-0.4, -0.2) is 20.0 Å². The van der Waals surface area contributed by atoms with Crippen LogP contribution >= 0.6 is 0 Å². The van der Waals surface area contributed by atoms with Crippen LogP contribution in [0.4, 0.5) is 0 Å². The number of nitrogens with two attached hydrogens (primary N) is 1. The molecule has 0 bridgehead atoms. The number of carbonyl (C=O) groups is 1. The molecular weight excluding hydrogens is 270 g/mol. The summed E-state index contributed by atoms with van der Waals surface area (Å²) in [5.74, 6) is -1.18. The molecule has 0 aliphatic rings. The molecule has 0 heterocycles. The van der Waals surface area contributed by atoms with E-state index in [2.05, 4.69) is 16.0 Å². The Bertz CT molecular complexity index is 606. The summed E-state index contributed by atoms with van der Waals surface area (Å²) in [6.07, 6.45) is 3.98. The van der Waals surface area contributed by atoms with Gasteiger partial charge >= 0.3 is 10.1 Å². The minimum Gasteiger partial charge on any atom is -0.364 e. The lowest BCUT2D eigenvalue weighted by molar-refractivity contribution is -0.111. The second-order valence-electron chi connectivity index (χ2n) is 3.32. The van der Waals surface area contributed by atoms with E-state index in [1.807, 2.05) is 0 Å². The van der Waals surface area contributed by atoms with Crippen molar-refractivity contribution in [3.05, 3.63) is 35.3 Å². The molecule has 0 aromatic rings. The lowest BCUT2D eigenvalue weighted by atomic mass is 10.3. The highest BCUT2D eigenvalue weighted by Crippen LogP contribution is 2.12. The molecular formula is C11H13N3O4S. The molecule has 0 spiro atoms. The van der Waals surface area contributed by atoms with E-state index in [0.717, 1.165) is 0 Å². The molecule has 0 radical (unpaired) electrons. The normalized spacial score (nSPS) is 13.1. The van der Waals surface area contributed by atoms with Gasteiger partial charge in [0.15, 0.2) is 0 Å². The zero-order chi connectivity index (χ0) is 15.1. The van der Waals surface area contributed by atoms with Crippen LogP contribution in [0.25, 0.3) is 0 Å². The Morgan fingerprint density at radius 2 is 2.05 bits per heavy atom. The Morgan fingerprint density at radius 1 is 1.47 bits per heavy atom. The van der Waals surface area contributed by atoms with Gasteiger partial charge in [0, 0.05) is 0 Å². The highest BCUT2D eigenvalue weighted by molar-refractivity contribution is 7.90. The van der Waals surface area contributed by atoms with Crippen molar-refractivity contribution >= 4 is 21.7 Å². The van der Waals surface area contributed by atoms with E-state index in [0.29, 0.717) is 5.57 Å². The van der Waals surface area contributed by atoms with Crippen LogP contribution in [0.1, 0.15) is 13.8 Å². The van der Waals surface area contributed by atoms with E-state index in [1.165, 1.54) is 31.2 Å². The van der Waals surface area contributed by atoms with Crippen LogP contribution in [0, 0.1) is 11.3 Å². The number of nitriles is 1. The molecule has 0 aromatic carbocycles. The molecule has 0 aliphatic carbocycles. The molecule has 0 saturated heterocycles. The predicted octanol–water partition coefficient (Wildman–Crippen LogP) is 0.734. The Morgan fingerprint density at radius 3 is 2.42 bits per heavy atom.